The van der Waals surface area contributed by atoms with Gasteiger partial charge in [0.15, 0.2) is 0 Å². The van der Waals surface area contributed by atoms with E-state index < -0.39 is 0 Å². The maximum absolute atomic E-state index is 11.9. The van der Waals surface area contributed by atoms with Gasteiger partial charge >= 0.3 is 0 Å². The molecule has 0 heterocycles. The van der Waals surface area contributed by atoms with Gasteiger partial charge in [-0.1, -0.05) is 26.0 Å². The number of hydrogen-bond acceptors (Lipinski definition) is 3. The molecule has 0 spiro atoms. The number of hydrogen-bond donors (Lipinski definition) is 2. The van der Waals surface area contributed by atoms with E-state index in [4.69, 9.17) is 9.84 Å². The molecule has 0 saturated heterocycles. The minimum Gasteiger partial charge on any atom is -0.492 e. The molecule has 0 aliphatic rings. The zero-order chi connectivity index (χ0) is 16.4. The van der Waals surface area contributed by atoms with Crippen LogP contribution in [0.1, 0.15) is 39.5 Å². The Hall–Kier alpha value is -1.07. The predicted octanol–water partition coefficient (Wildman–Crippen LogP) is 3.52. The normalized spacial score (nSPS) is 13.5. The maximum atomic E-state index is 11.9. The fraction of sp³-hybridized carbons (Fsp3) is 0.588. The summed E-state index contributed by atoms with van der Waals surface area (Å²) in [5, 5.41) is 12.1. The Bertz CT molecular complexity index is 453. The van der Waals surface area contributed by atoms with Gasteiger partial charge in [0.05, 0.1) is 11.1 Å². The Kier molecular flexibility index (Phi) is 9.16. The van der Waals surface area contributed by atoms with Crippen LogP contribution >= 0.6 is 15.9 Å². The summed E-state index contributed by atoms with van der Waals surface area (Å²) < 4.78 is 6.56. The second-order valence-corrected chi connectivity index (χ2v) is 6.43. The molecule has 1 aromatic carbocycles. The smallest absolute Gasteiger partial charge is 0.220 e. The predicted molar refractivity (Wildman–Crippen MR) is 92.0 cm³/mol. The average molecular weight is 372 g/mol. The van der Waals surface area contributed by atoms with Crippen molar-refractivity contribution in [1.29, 1.82) is 0 Å². The van der Waals surface area contributed by atoms with Gasteiger partial charge in [0.25, 0.3) is 0 Å². The van der Waals surface area contributed by atoms with Crippen LogP contribution in [0.4, 0.5) is 0 Å². The van der Waals surface area contributed by atoms with Crippen LogP contribution in [0.25, 0.3) is 0 Å². The van der Waals surface area contributed by atoms with Crippen molar-refractivity contribution in [3.8, 4) is 5.75 Å². The van der Waals surface area contributed by atoms with Crippen molar-refractivity contribution < 1.29 is 14.6 Å². The fourth-order valence-electron chi connectivity index (χ4n) is 2.16. The van der Waals surface area contributed by atoms with Gasteiger partial charge in [-0.2, -0.15) is 0 Å². The number of nitrogens with one attached hydrogen (secondary N) is 1. The number of halogens is 1. The molecule has 0 unspecified atom stereocenters. The molecular formula is C17H26BrNO3. The summed E-state index contributed by atoms with van der Waals surface area (Å²) in [5.74, 6) is 1.06. The van der Waals surface area contributed by atoms with E-state index in [0.717, 1.165) is 23.1 Å². The van der Waals surface area contributed by atoms with Crippen LogP contribution in [0.2, 0.25) is 0 Å². The number of ether oxygens (including phenoxy) is 1. The summed E-state index contributed by atoms with van der Waals surface area (Å²) in [6.07, 6.45) is 2.82. The SMILES string of the molecule is CC[C@@H](C[C@H](C)CO)NC(=O)CCCOc1ccccc1Br. The Morgan fingerprint density at radius 1 is 1.41 bits per heavy atom. The lowest BCUT2D eigenvalue weighted by molar-refractivity contribution is -0.122. The molecule has 0 fully saturated rings. The molecule has 1 aromatic rings. The van der Waals surface area contributed by atoms with Gasteiger partial charge in [-0.05, 0) is 53.2 Å². The highest BCUT2D eigenvalue weighted by Crippen LogP contribution is 2.23. The lowest BCUT2D eigenvalue weighted by Crippen LogP contribution is -2.36. The fourth-order valence-corrected chi connectivity index (χ4v) is 2.56. The highest BCUT2D eigenvalue weighted by atomic mass is 79.9. The monoisotopic (exact) mass is 371 g/mol. The summed E-state index contributed by atoms with van der Waals surface area (Å²) in [6.45, 7) is 4.71. The van der Waals surface area contributed by atoms with Gasteiger partial charge in [-0.15, -0.1) is 0 Å². The van der Waals surface area contributed by atoms with Crippen LogP contribution in [0.5, 0.6) is 5.75 Å². The zero-order valence-electron chi connectivity index (χ0n) is 13.3. The standard InChI is InChI=1S/C17H26BrNO3/c1-3-14(11-13(2)12-20)19-17(21)9-6-10-22-16-8-5-4-7-15(16)18/h4-5,7-8,13-14,20H,3,6,9-12H2,1-2H3,(H,19,21)/t13-,14-/m0/s1. The molecule has 2 atom stereocenters. The van der Waals surface area contributed by atoms with Crippen LogP contribution in [0.3, 0.4) is 0 Å². The summed E-state index contributed by atoms with van der Waals surface area (Å²) in [5.41, 5.74) is 0. The van der Waals surface area contributed by atoms with E-state index in [0.29, 0.717) is 19.4 Å². The quantitative estimate of drug-likeness (QED) is 0.618. The van der Waals surface area contributed by atoms with Crippen molar-refractivity contribution in [3.63, 3.8) is 0 Å². The van der Waals surface area contributed by atoms with Crippen molar-refractivity contribution in [2.24, 2.45) is 5.92 Å². The van der Waals surface area contributed by atoms with E-state index in [1.54, 1.807) is 0 Å². The summed E-state index contributed by atoms with van der Waals surface area (Å²) >= 11 is 3.42. The van der Waals surface area contributed by atoms with Crippen LogP contribution in [0, 0.1) is 5.92 Å². The lowest BCUT2D eigenvalue weighted by Gasteiger charge is -2.20. The number of aliphatic hydroxyl groups excluding tert-OH is 1. The molecule has 4 nitrogen and oxygen atoms in total. The molecule has 1 rings (SSSR count). The summed E-state index contributed by atoms with van der Waals surface area (Å²) in [7, 11) is 0. The first-order valence-electron chi connectivity index (χ1n) is 7.84. The topological polar surface area (TPSA) is 58.6 Å². The van der Waals surface area contributed by atoms with Crippen molar-refractivity contribution in [1.82, 2.24) is 5.32 Å². The van der Waals surface area contributed by atoms with E-state index in [2.05, 4.69) is 21.2 Å². The third-order valence-electron chi connectivity index (χ3n) is 3.50. The van der Waals surface area contributed by atoms with Crippen molar-refractivity contribution in [2.45, 2.75) is 45.6 Å². The van der Waals surface area contributed by atoms with Crippen molar-refractivity contribution in [2.75, 3.05) is 13.2 Å². The molecule has 0 aliphatic carbocycles. The van der Waals surface area contributed by atoms with Crippen LogP contribution in [-0.2, 0) is 4.79 Å². The molecule has 22 heavy (non-hydrogen) atoms. The minimum atomic E-state index is 0.0488. The maximum Gasteiger partial charge on any atom is 0.220 e. The first kappa shape index (κ1) is 19.0. The van der Waals surface area contributed by atoms with E-state index in [9.17, 15) is 4.79 Å². The number of carbonyl (C=O) groups excluding carboxylic acids is 1. The molecule has 124 valence electrons. The van der Waals surface area contributed by atoms with Gasteiger partial charge in [0.1, 0.15) is 5.75 Å². The van der Waals surface area contributed by atoms with Crippen LogP contribution in [0.15, 0.2) is 28.7 Å². The second-order valence-electron chi connectivity index (χ2n) is 5.58. The van der Waals surface area contributed by atoms with E-state index in [-0.39, 0.29) is 24.5 Å². The number of para-hydroxylation sites is 1. The minimum absolute atomic E-state index is 0.0488. The highest BCUT2D eigenvalue weighted by Gasteiger charge is 2.13. The largest absolute Gasteiger partial charge is 0.492 e. The Balaban J connectivity index is 2.24. The number of amides is 1. The van der Waals surface area contributed by atoms with E-state index in [1.807, 2.05) is 38.1 Å². The first-order valence-corrected chi connectivity index (χ1v) is 8.63. The number of rotatable bonds is 10. The van der Waals surface area contributed by atoms with Gasteiger partial charge in [0.2, 0.25) is 5.91 Å². The molecule has 2 N–H and O–H groups in total. The summed E-state index contributed by atoms with van der Waals surface area (Å²) in [6, 6.07) is 7.81. The Morgan fingerprint density at radius 2 is 2.14 bits per heavy atom. The lowest BCUT2D eigenvalue weighted by atomic mass is 10.0. The molecule has 1 amide bonds. The Morgan fingerprint density at radius 3 is 2.77 bits per heavy atom. The number of benzene rings is 1. The molecule has 5 heteroatoms. The van der Waals surface area contributed by atoms with Gasteiger partial charge in [-0.3, -0.25) is 4.79 Å². The van der Waals surface area contributed by atoms with Crippen LogP contribution in [-0.4, -0.2) is 30.3 Å². The molecule has 0 saturated carbocycles. The van der Waals surface area contributed by atoms with Crippen molar-refractivity contribution >= 4 is 21.8 Å². The van der Waals surface area contributed by atoms with Gasteiger partial charge in [0, 0.05) is 19.1 Å². The van der Waals surface area contributed by atoms with E-state index >= 15 is 0 Å². The first-order chi connectivity index (χ1) is 10.6. The van der Waals surface area contributed by atoms with Gasteiger partial charge in [-0.25, -0.2) is 0 Å². The van der Waals surface area contributed by atoms with Crippen LogP contribution < -0.4 is 10.1 Å². The molecule has 0 bridgehead atoms. The molecule has 0 radical (unpaired) electrons. The summed E-state index contributed by atoms with van der Waals surface area (Å²) in [4.78, 5) is 11.9. The molecular weight excluding hydrogens is 346 g/mol. The Labute approximate surface area is 141 Å². The van der Waals surface area contributed by atoms with E-state index in [1.165, 1.54) is 0 Å². The third kappa shape index (κ3) is 7.27. The molecule has 0 aromatic heterocycles. The highest BCUT2D eigenvalue weighted by molar-refractivity contribution is 9.10. The van der Waals surface area contributed by atoms with Gasteiger partial charge < -0.3 is 15.2 Å². The molecule has 0 aliphatic heterocycles. The number of carbonyl (C=O) groups is 1. The second kappa shape index (κ2) is 10.6. The average Bonchev–Trinajstić information content (AvgIpc) is 2.52. The third-order valence-corrected chi connectivity index (χ3v) is 4.15. The van der Waals surface area contributed by atoms with Crippen molar-refractivity contribution in [3.05, 3.63) is 28.7 Å². The number of aliphatic hydroxyl groups is 1. The zero-order valence-corrected chi connectivity index (χ0v) is 14.9.